The molecule has 0 saturated carbocycles. The second-order valence-corrected chi connectivity index (χ2v) is 6.17. The van der Waals surface area contributed by atoms with E-state index in [9.17, 15) is 4.79 Å². The van der Waals surface area contributed by atoms with Gasteiger partial charge in [0.1, 0.15) is 0 Å². The molecule has 0 atom stereocenters. The fourth-order valence-corrected chi connectivity index (χ4v) is 3.07. The van der Waals surface area contributed by atoms with Gasteiger partial charge < -0.3 is 9.84 Å². The number of carbonyl (C=O) groups excluding carboxylic acids is 1. The van der Waals surface area contributed by atoms with Gasteiger partial charge in [0.25, 0.3) is 0 Å². The molecule has 6 heteroatoms. The number of amides is 1. The molecule has 4 nitrogen and oxygen atoms in total. The number of rotatable bonds is 5. The first kappa shape index (κ1) is 13.1. The smallest absolute Gasteiger partial charge is 0.226 e. The Bertz CT molecular complexity index is 672. The van der Waals surface area contributed by atoms with Crippen molar-refractivity contribution in [3.8, 4) is 10.6 Å². The maximum Gasteiger partial charge on any atom is 0.226 e. The van der Waals surface area contributed by atoms with Crippen molar-refractivity contribution >= 4 is 28.6 Å². The molecule has 3 aromatic heterocycles. The molecular weight excluding hydrogens is 292 g/mol. The third-order valence-corrected chi connectivity index (χ3v) is 4.47. The molecule has 0 bridgehead atoms. The first-order valence-electron chi connectivity index (χ1n) is 6.10. The van der Waals surface area contributed by atoms with Gasteiger partial charge in [-0.05, 0) is 22.9 Å². The molecule has 102 valence electrons. The van der Waals surface area contributed by atoms with Crippen LogP contribution in [0.4, 0.5) is 0 Å². The normalized spacial score (nSPS) is 10.6. The highest BCUT2D eigenvalue weighted by atomic mass is 32.1. The fourth-order valence-electron chi connectivity index (χ4n) is 1.76. The Morgan fingerprint density at radius 3 is 2.85 bits per heavy atom. The minimum Gasteiger partial charge on any atom is -0.355 e. The number of carbonyl (C=O) groups is 1. The maximum absolute atomic E-state index is 11.8. The zero-order valence-corrected chi connectivity index (χ0v) is 12.2. The topological polar surface area (TPSA) is 55.1 Å². The summed E-state index contributed by atoms with van der Waals surface area (Å²) in [5, 5.41) is 10.8. The van der Waals surface area contributed by atoms with Crippen LogP contribution in [0.2, 0.25) is 0 Å². The van der Waals surface area contributed by atoms with Crippen LogP contribution in [0, 0.1) is 0 Å². The third kappa shape index (κ3) is 3.15. The molecule has 3 rings (SSSR count). The van der Waals surface area contributed by atoms with Gasteiger partial charge in [0.15, 0.2) is 5.76 Å². The molecule has 3 aromatic rings. The van der Waals surface area contributed by atoms with E-state index in [4.69, 9.17) is 4.52 Å². The zero-order chi connectivity index (χ0) is 13.8. The summed E-state index contributed by atoms with van der Waals surface area (Å²) in [4.78, 5) is 14.0. The average molecular weight is 304 g/mol. The first-order valence-corrected chi connectivity index (χ1v) is 7.86. The van der Waals surface area contributed by atoms with Crippen molar-refractivity contribution in [3.63, 3.8) is 0 Å². The Hall–Kier alpha value is -1.92. The molecule has 0 fully saturated rings. The summed E-state index contributed by atoms with van der Waals surface area (Å²) in [6.45, 7) is 0.562. The van der Waals surface area contributed by atoms with Gasteiger partial charge in [-0.15, -0.1) is 22.7 Å². The zero-order valence-electron chi connectivity index (χ0n) is 10.5. The summed E-state index contributed by atoms with van der Waals surface area (Å²) >= 11 is 3.21. The van der Waals surface area contributed by atoms with Gasteiger partial charge in [-0.3, -0.25) is 4.79 Å². The van der Waals surface area contributed by atoms with Gasteiger partial charge in [-0.2, -0.15) is 0 Å². The number of nitrogens with zero attached hydrogens (tertiary/aromatic N) is 1. The summed E-state index contributed by atoms with van der Waals surface area (Å²) in [5.74, 6) is 0.658. The van der Waals surface area contributed by atoms with Crippen molar-refractivity contribution in [2.24, 2.45) is 0 Å². The van der Waals surface area contributed by atoms with E-state index in [0.29, 0.717) is 18.0 Å². The van der Waals surface area contributed by atoms with Crippen LogP contribution >= 0.6 is 22.7 Å². The summed E-state index contributed by atoms with van der Waals surface area (Å²) in [5.41, 5.74) is 0.650. The van der Waals surface area contributed by atoms with E-state index < -0.39 is 0 Å². The van der Waals surface area contributed by atoms with Crippen LogP contribution < -0.4 is 5.32 Å². The molecule has 0 aliphatic carbocycles. The predicted molar refractivity (Wildman–Crippen MR) is 79.7 cm³/mol. The van der Waals surface area contributed by atoms with Gasteiger partial charge in [0.2, 0.25) is 5.91 Å². The van der Waals surface area contributed by atoms with Crippen molar-refractivity contribution in [2.75, 3.05) is 0 Å². The largest absolute Gasteiger partial charge is 0.355 e. The lowest BCUT2D eigenvalue weighted by Crippen LogP contribution is -2.24. The van der Waals surface area contributed by atoms with E-state index >= 15 is 0 Å². The van der Waals surface area contributed by atoms with E-state index in [1.165, 1.54) is 0 Å². The van der Waals surface area contributed by atoms with Crippen molar-refractivity contribution in [2.45, 2.75) is 13.0 Å². The highest BCUT2D eigenvalue weighted by molar-refractivity contribution is 7.13. The van der Waals surface area contributed by atoms with Crippen LogP contribution in [0.5, 0.6) is 0 Å². The van der Waals surface area contributed by atoms with Crippen LogP contribution in [0.25, 0.3) is 10.6 Å². The van der Waals surface area contributed by atoms with Crippen molar-refractivity contribution in [1.29, 1.82) is 0 Å². The monoisotopic (exact) mass is 304 g/mol. The Morgan fingerprint density at radius 2 is 2.10 bits per heavy atom. The lowest BCUT2D eigenvalue weighted by Gasteiger charge is -2.00. The molecule has 20 heavy (non-hydrogen) atoms. The van der Waals surface area contributed by atoms with Crippen molar-refractivity contribution in [1.82, 2.24) is 10.5 Å². The van der Waals surface area contributed by atoms with E-state index in [0.717, 1.165) is 9.75 Å². The second kappa shape index (κ2) is 6.02. The van der Waals surface area contributed by atoms with Gasteiger partial charge >= 0.3 is 0 Å². The number of aromatic nitrogens is 1. The van der Waals surface area contributed by atoms with E-state index in [1.807, 2.05) is 41.1 Å². The maximum atomic E-state index is 11.8. The van der Waals surface area contributed by atoms with Crippen LogP contribution in [0.3, 0.4) is 0 Å². The minimum absolute atomic E-state index is 0.0515. The van der Waals surface area contributed by atoms with Crippen molar-refractivity contribution in [3.05, 3.63) is 51.7 Å². The average Bonchev–Trinajstić information content (AvgIpc) is 3.18. The van der Waals surface area contributed by atoms with Crippen LogP contribution in [-0.4, -0.2) is 11.1 Å². The van der Waals surface area contributed by atoms with Gasteiger partial charge in [0.05, 0.1) is 23.5 Å². The highest BCUT2D eigenvalue weighted by Gasteiger charge is 2.11. The Labute approximate surface area is 124 Å². The van der Waals surface area contributed by atoms with Crippen LogP contribution in [0.15, 0.2) is 45.6 Å². The summed E-state index contributed by atoms with van der Waals surface area (Å²) in [6.07, 6.45) is 0.236. The van der Waals surface area contributed by atoms with Crippen LogP contribution in [0.1, 0.15) is 10.6 Å². The van der Waals surface area contributed by atoms with Gasteiger partial charge in [-0.1, -0.05) is 17.3 Å². The Morgan fingerprint density at radius 1 is 1.25 bits per heavy atom. The van der Waals surface area contributed by atoms with Crippen LogP contribution in [-0.2, 0) is 17.8 Å². The molecule has 0 aromatic carbocycles. The van der Waals surface area contributed by atoms with E-state index in [2.05, 4.69) is 10.5 Å². The van der Waals surface area contributed by atoms with Crippen molar-refractivity contribution < 1.29 is 9.32 Å². The third-order valence-electron chi connectivity index (χ3n) is 2.70. The first-order chi connectivity index (χ1) is 9.81. The molecular formula is C14H12N2O2S2. The van der Waals surface area contributed by atoms with Gasteiger partial charge in [0, 0.05) is 10.9 Å². The molecule has 1 N–H and O–H groups in total. The molecule has 0 spiro atoms. The van der Waals surface area contributed by atoms with E-state index in [-0.39, 0.29) is 12.3 Å². The summed E-state index contributed by atoms with van der Waals surface area (Å²) < 4.78 is 5.24. The Balaban J connectivity index is 1.56. The lowest BCUT2D eigenvalue weighted by atomic mass is 10.2. The molecule has 3 heterocycles. The number of hydrogen-bond donors (Lipinski definition) is 1. The summed E-state index contributed by atoms with van der Waals surface area (Å²) in [6, 6.07) is 9.70. The summed E-state index contributed by atoms with van der Waals surface area (Å²) in [7, 11) is 0. The number of thiophene rings is 2. The molecule has 0 saturated heterocycles. The Kier molecular flexibility index (Phi) is 3.94. The second-order valence-electron chi connectivity index (χ2n) is 4.19. The fraction of sp³-hybridized carbons (Fsp3) is 0.143. The minimum atomic E-state index is -0.0515. The molecule has 0 unspecified atom stereocenters. The highest BCUT2D eigenvalue weighted by Crippen LogP contribution is 2.25. The number of nitrogens with one attached hydrogen (secondary N) is 1. The molecule has 0 radical (unpaired) electrons. The van der Waals surface area contributed by atoms with E-state index in [1.54, 1.807) is 22.7 Å². The lowest BCUT2D eigenvalue weighted by molar-refractivity contribution is -0.120. The predicted octanol–water partition coefficient (Wildman–Crippen LogP) is 3.32. The molecule has 0 aliphatic heterocycles. The number of hydrogen-bond acceptors (Lipinski definition) is 5. The van der Waals surface area contributed by atoms with Gasteiger partial charge in [-0.25, -0.2) is 0 Å². The molecule has 1 amide bonds. The molecule has 0 aliphatic rings. The standard InChI is InChI=1S/C14H12N2O2S2/c17-14(15-9-11-3-1-5-19-11)8-10-7-12(18-16-10)13-4-2-6-20-13/h1-7H,8-9H2,(H,15,17). The quantitative estimate of drug-likeness (QED) is 0.786. The SMILES string of the molecule is O=C(Cc1cc(-c2cccs2)on1)NCc1cccs1.